The van der Waals surface area contributed by atoms with Crippen molar-refractivity contribution in [2.24, 2.45) is 0 Å². The van der Waals surface area contributed by atoms with E-state index in [4.69, 9.17) is 9.47 Å². The van der Waals surface area contributed by atoms with Crippen LogP contribution in [-0.2, 0) is 14.2 Å². The highest BCUT2D eigenvalue weighted by Crippen LogP contribution is 2.25. The van der Waals surface area contributed by atoms with E-state index in [0.717, 1.165) is 6.54 Å². The number of ether oxygens (including phenoxy) is 3. The summed E-state index contributed by atoms with van der Waals surface area (Å²) in [6, 6.07) is 6.28. The second-order valence-corrected chi connectivity index (χ2v) is 4.88. The summed E-state index contributed by atoms with van der Waals surface area (Å²) in [4.78, 5) is 11.0. The normalized spacial score (nSPS) is 19.5. The number of hydrogen-bond donors (Lipinski definition) is 2. The van der Waals surface area contributed by atoms with Gasteiger partial charge in [0.2, 0.25) is 0 Å². The van der Waals surface area contributed by atoms with Crippen molar-refractivity contribution in [3.8, 4) is 0 Å². The van der Waals surface area contributed by atoms with Gasteiger partial charge in [0, 0.05) is 19.6 Å². The first-order valence-corrected chi connectivity index (χ1v) is 7.22. The first-order chi connectivity index (χ1) is 10.7. The van der Waals surface area contributed by atoms with E-state index in [0.29, 0.717) is 25.3 Å². The van der Waals surface area contributed by atoms with Crippen molar-refractivity contribution in [2.45, 2.75) is 12.2 Å². The molecule has 1 unspecified atom stereocenters. The van der Waals surface area contributed by atoms with E-state index in [2.05, 4.69) is 15.4 Å². The summed E-state index contributed by atoms with van der Waals surface area (Å²) in [5.41, 5.74) is 0.715. The molecular weight excluding hydrogens is 291 g/mol. The third-order valence-electron chi connectivity index (χ3n) is 3.33. The Morgan fingerprint density at radius 3 is 3.14 bits per heavy atom. The monoisotopic (exact) mass is 312 g/mol. The molecule has 0 aliphatic carbocycles. The predicted molar refractivity (Wildman–Crippen MR) is 78.1 cm³/mol. The van der Waals surface area contributed by atoms with Crippen LogP contribution in [0, 0.1) is 5.82 Å². The molecular formula is C15H21FN2O4. The van der Waals surface area contributed by atoms with E-state index >= 15 is 0 Å². The minimum atomic E-state index is -0.513. The topological polar surface area (TPSA) is 68.8 Å². The van der Waals surface area contributed by atoms with Crippen LogP contribution in [0.1, 0.15) is 11.7 Å². The second kappa shape index (κ2) is 8.67. The fraction of sp³-hybridized carbons (Fsp3) is 0.533. The van der Waals surface area contributed by atoms with Crippen LogP contribution in [0.2, 0.25) is 0 Å². The first kappa shape index (κ1) is 16.7. The molecule has 1 saturated heterocycles. The summed E-state index contributed by atoms with van der Waals surface area (Å²) in [5.74, 6) is -0.317. The smallest absolute Gasteiger partial charge is 0.406 e. The lowest BCUT2D eigenvalue weighted by Gasteiger charge is -2.31. The minimum Gasteiger partial charge on any atom is -0.453 e. The van der Waals surface area contributed by atoms with Gasteiger partial charge in [-0.25, -0.2) is 9.18 Å². The molecule has 1 amide bonds. The molecule has 1 aromatic carbocycles. The zero-order valence-electron chi connectivity index (χ0n) is 12.5. The number of carbonyl (C=O) groups is 1. The van der Waals surface area contributed by atoms with Gasteiger partial charge in [-0.1, -0.05) is 12.1 Å². The Morgan fingerprint density at radius 2 is 2.45 bits per heavy atom. The summed E-state index contributed by atoms with van der Waals surface area (Å²) in [5, 5.41) is 5.77. The Bertz CT molecular complexity index is 480. The number of methoxy groups -OCH3 is 1. The summed E-state index contributed by atoms with van der Waals surface area (Å²) in [6.45, 7) is 2.58. The van der Waals surface area contributed by atoms with Crippen molar-refractivity contribution < 1.29 is 23.4 Å². The number of rotatable bonds is 6. The molecule has 2 rings (SSSR count). The number of halogens is 1. The molecule has 22 heavy (non-hydrogen) atoms. The molecule has 1 aliphatic rings. The average molecular weight is 312 g/mol. The number of benzene rings is 1. The third-order valence-corrected chi connectivity index (χ3v) is 3.33. The highest BCUT2D eigenvalue weighted by atomic mass is 19.1. The van der Waals surface area contributed by atoms with Gasteiger partial charge in [-0.05, 0) is 17.7 Å². The van der Waals surface area contributed by atoms with E-state index in [1.165, 1.54) is 19.2 Å². The van der Waals surface area contributed by atoms with Crippen LogP contribution < -0.4 is 10.6 Å². The molecule has 1 aliphatic heterocycles. The van der Waals surface area contributed by atoms with Gasteiger partial charge in [0.1, 0.15) is 18.0 Å². The zero-order valence-corrected chi connectivity index (χ0v) is 12.5. The molecule has 2 atom stereocenters. The standard InChI is InChI=1S/C15H21FN2O4/c1-20-15(19)18-6-8-22-14(13-10-17-5-7-21-13)11-3-2-4-12(16)9-11/h2-4,9,13-14,17H,5-8,10H2,1H3,(H,18,19)/t13?,14-/m0/s1. The molecule has 6 nitrogen and oxygen atoms in total. The molecule has 0 spiro atoms. The van der Waals surface area contributed by atoms with Gasteiger partial charge in [0.25, 0.3) is 0 Å². The van der Waals surface area contributed by atoms with Gasteiger partial charge < -0.3 is 24.8 Å². The van der Waals surface area contributed by atoms with Crippen LogP contribution in [0.3, 0.4) is 0 Å². The van der Waals surface area contributed by atoms with Crippen LogP contribution in [0.4, 0.5) is 9.18 Å². The van der Waals surface area contributed by atoms with Crippen molar-refractivity contribution in [1.82, 2.24) is 10.6 Å². The largest absolute Gasteiger partial charge is 0.453 e. The maximum atomic E-state index is 13.4. The number of nitrogens with one attached hydrogen (secondary N) is 2. The van der Waals surface area contributed by atoms with Crippen LogP contribution >= 0.6 is 0 Å². The molecule has 1 heterocycles. The number of carbonyl (C=O) groups excluding carboxylic acids is 1. The van der Waals surface area contributed by atoms with Gasteiger partial charge >= 0.3 is 6.09 Å². The molecule has 0 saturated carbocycles. The zero-order chi connectivity index (χ0) is 15.8. The third kappa shape index (κ3) is 4.94. The second-order valence-electron chi connectivity index (χ2n) is 4.88. The fourth-order valence-electron chi connectivity index (χ4n) is 2.29. The maximum Gasteiger partial charge on any atom is 0.406 e. The fourth-order valence-corrected chi connectivity index (χ4v) is 2.29. The Kier molecular flexibility index (Phi) is 6.57. The quantitative estimate of drug-likeness (QED) is 0.773. The van der Waals surface area contributed by atoms with Gasteiger partial charge in [0.15, 0.2) is 0 Å². The van der Waals surface area contributed by atoms with Gasteiger partial charge in [-0.15, -0.1) is 0 Å². The van der Waals surface area contributed by atoms with E-state index in [1.807, 2.05) is 0 Å². The molecule has 122 valence electrons. The Hall–Kier alpha value is -1.70. The average Bonchev–Trinajstić information content (AvgIpc) is 2.55. The summed E-state index contributed by atoms with van der Waals surface area (Å²) in [6.07, 6.45) is -1.11. The molecule has 7 heteroatoms. The lowest BCUT2D eigenvalue weighted by molar-refractivity contribution is -0.0853. The number of hydrogen-bond acceptors (Lipinski definition) is 5. The van der Waals surface area contributed by atoms with Gasteiger partial charge in [-0.3, -0.25) is 0 Å². The summed E-state index contributed by atoms with van der Waals surface area (Å²) >= 11 is 0. The maximum absolute atomic E-state index is 13.4. The molecule has 1 fully saturated rings. The van der Waals surface area contributed by atoms with Crippen molar-refractivity contribution in [2.75, 3.05) is 40.0 Å². The van der Waals surface area contributed by atoms with Gasteiger partial charge in [0.05, 0.1) is 20.3 Å². The number of amides is 1. The van der Waals surface area contributed by atoms with Crippen LogP contribution in [0.25, 0.3) is 0 Å². The van der Waals surface area contributed by atoms with Crippen LogP contribution in [0.15, 0.2) is 24.3 Å². The lowest BCUT2D eigenvalue weighted by Crippen LogP contribution is -2.43. The first-order valence-electron chi connectivity index (χ1n) is 7.22. The van der Waals surface area contributed by atoms with E-state index in [1.54, 1.807) is 12.1 Å². The highest BCUT2D eigenvalue weighted by Gasteiger charge is 2.27. The van der Waals surface area contributed by atoms with E-state index in [-0.39, 0.29) is 18.5 Å². The predicted octanol–water partition coefficient (Wildman–Crippen LogP) is 1.23. The Morgan fingerprint density at radius 1 is 1.59 bits per heavy atom. The lowest BCUT2D eigenvalue weighted by atomic mass is 10.0. The Balaban J connectivity index is 1.97. The molecule has 1 aromatic rings. The molecule has 0 radical (unpaired) electrons. The minimum absolute atomic E-state index is 0.200. The molecule has 0 bridgehead atoms. The van der Waals surface area contributed by atoms with E-state index < -0.39 is 12.2 Å². The number of alkyl carbamates (subject to hydrolysis) is 1. The summed E-state index contributed by atoms with van der Waals surface area (Å²) in [7, 11) is 1.30. The summed E-state index contributed by atoms with van der Waals surface area (Å²) < 4.78 is 29.5. The van der Waals surface area contributed by atoms with Gasteiger partial charge in [-0.2, -0.15) is 0 Å². The van der Waals surface area contributed by atoms with Crippen molar-refractivity contribution >= 4 is 6.09 Å². The van der Waals surface area contributed by atoms with E-state index in [9.17, 15) is 9.18 Å². The Labute approximate surface area is 128 Å². The van der Waals surface area contributed by atoms with Crippen LogP contribution in [-0.4, -0.2) is 52.2 Å². The van der Waals surface area contributed by atoms with Crippen molar-refractivity contribution in [3.05, 3.63) is 35.6 Å². The van der Waals surface area contributed by atoms with Crippen molar-refractivity contribution in [3.63, 3.8) is 0 Å². The molecule has 0 aromatic heterocycles. The highest BCUT2D eigenvalue weighted by molar-refractivity contribution is 5.66. The van der Waals surface area contributed by atoms with Crippen LogP contribution in [0.5, 0.6) is 0 Å². The van der Waals surface area contributed by atoms with Crippen molar-refractivity contribution in [1.29, 1.82) is 0 Å². The SMILES string of the molecule is COC(=O)NCCO[C@@H](c1cccc(F)c1)C1CNCCO1. The number of morpholine rings is 1. The molecule has 2 N–H and O–H groups in total.